The van der Waals surface area contributed by atoms with E-state index in [0.29, 0.717) is 5.56 Å². The summed E-state index contributed by atoms with van der Waals surface area (Å²) in [4.78, 5) is 25.0. The number of amides is 2. The third kappa shape index (κ3) is 6.73. The average molecular weight is 332 g/mol. The molecule has 3 atom stereocenters. The summed E-state index contributed by atoms with van der Waals surface area (Å²) in [5.41, 5.74) is 0.578. The van der Waals surface area contributed by atoms with Crippen molar-refractivity contribution in [2.75, 3.05) is 0 Å². The van der Waals surface area contributed by atoms with E-state index in [2.05, 4.69) is 17.6 Å². The third-order valence-corrected chi connectivity index (χ3v) is 4.45. The zero-order chi connectivity index (χ0) is 17.9. The van der Waals surface area contributed by atoms with Gasteiger partial charge in [0.25, 0.3) is 5.91 Å². The molecule has 3 unspecified atom stereocenters. The number of rotatable bonds is 10. The molecular weight excluding hydrogens is 300 g/mol. The van der Waals surface area contributed by atoms with E-state index in [0.717, 1.165) is 19.3 Å². The van der Waals surface area contributed by atoms with Crippen molar-refractivity contribution in [3.63, 3.8) is 0 Å². The smallest absolute Gasteiger partial charge is 0.251 e. The molecule has 0 aliphatic rings. The van der Waals surface area contributed by atoms with Crippen molar-refractivity contribution in [2.45, 2.75) is 71.9 Å². The summed E-state index contributed by atoms with van der Waals surface area (Å²) in [5.74, 6) is -0.201. The molecule has 2 amide bonds. The van der Waals surface area contributed by atoms with Gasteiger partial charge in [-0.3, -0.25) is 9.59 Å². The van der Waals surface area contributed by atoms with Crippen LogP contribution >= 0.6 is 0 Å². The Morgan fingerprint density at radius 1 is 1.00 bits per heavy atom. The fraction of sp³-hybridized carbons (Fsp3) is 0.600. The average Bonchev–Trinajstić information content (AvgIpc) is 2.59. The van der Waals surface area contributed by atoms with Crippen molar-refractivity contribution in [3.8, 4) is 0 Å². The number of nitrogens with one attached hydrogen (secondary N) is 2. The summed E-state index contributed by atoms with van der Waals surface area (Å²) in [6, 6.07) is 8.66. The standard InChI is InChI=1S/C20H32N2O2/c1-5-7-9-12-16(4)21-20(24)18(15(3)6-2)22-19(23)17-13-10-8-11-14-17/h8,10-11,13-16,18H,5-7,9,12H2,1-4H3,(H,21,24)(H,22,23). The fourth-order valence-corrected chi connectivity index (χ4v) is 2.62. The minimum absolute atomic E-state index is 0.0838. The molecule has 0 aliphatic heterocycles. The molecule has 0 radical (unpaired) electrons. The lowest BCUT2D eigenvalue weighted by Gasteiger charge is -2.25. The van der Waals surface area contributed by atoms with Crippen molar-refractivity contribution >= 4 is 11.8 Å². The largest absolute Gasteiger partial charge is 0.352 e. The molecule has 0 saturated carbocycles. The van der Waals surface area contributed by atoms with Gasteiger partial charge in [0.2, 0.25) is 5.91 Å². The molecular formula is C20H32N2O2. The molecule has 1 aromatic carbocycles. The Balaban J connectivity index is 2.67. The van der Waals surface area contributed by atoms with Gasteiger partial charge in [-0.25, -0.2) is 0 Å². The fourth-order valence-electron chi connectivity index (χ4n) is 2.62. The Hall–Kier alpha value is -1.84. The molecule has 0 aromatic heterocycles. The molecule has 0 saturated heterocycles. The van der Waals surface area contributed by atoms with Crippen molar-refractivity contribution < 1.29 is 9.59 Å². The molecule has 134 valence electrons. The maximum absolute atomic E-state index is 12.6. The first-order valence-corrected chi connectivity index (χ1v) is 9.15. The second-order valence-electron chi connectivity index (χ2n) is 6.61. The maximum atomic E-state index is 12.6. The number of unbranched alkanes of at least 4 members (excludes halogenated alkanes) is 2. The van der Waals surface area contributed by atoms with Crippen molar-refractivity contribution in [3.05, 3.63) is 35.9 Å². The van der Waals surface area contributed by atoms with Gasteiger partial charge in [0.1, 0.15) is 6.04 Å². The van der Waals surface area contributed by atoms with Crippen LogP contribution in [0.3, 0.4) is 0 Å². The third-order valence-electron chi connectivity index (χ3n) is 4.45. The van der Waals surface area contributed by atoms with Crippen LogP contribution in [0.15, 0.2) is 30.3 Å². The van der Waals surface area contributed by atoms with Crippen LogP contribution in [0.5, 0.6) is 0 Å². The number of carbonyl (C=O) groups is 2. The van der Waals surface area contributed by atoms with Gasteiger partial charge in [-0.2, -0.15) is 0 Å². The van der Waals surface area contributed by atoms with E-state index in [9.17, 15) is 9.59 Å². The molecule has 4 heteroatoms. The van der Waals surface area contributed by atoms with Gasteiger partial charge in [-0.1, -0.05) is 64.7 Å². The van der Waals surface area contributed by atoms with Gasteiger partial charge in [-0.05, 0) is 31.4 Å². The van der Waals surface area contributed by atoms with E-state index < -0.39 is 6.04 Å². The van der Waals surface area contributed by atoms with Crippen LogP contribution in [0, 0.1) is 5.92 Å². The normalized spacial score (nSPS) is 14.5. The van der Waals surface area contributed by atoms with Gasteiger partial charge >= 0.3 is 0 Å². The summed E-state index contributed by atoms with van der Waals surface area (Å²) in [7, 11) is 0. The van der Waals surface area contributed by atoms with Crippen LogP contribution in [-0.4, -0.2) is 23.9 Å². The molecule has 0 fully saturated rings. The quantitative estimate of drug-likeness (QED) is 0.638. The highest BCUT2D eigenvalue weighted by molar-refractivity contribution is 5.97. The van der Waals surface area contributed by atoms with Gasteiger partial charge < -0.3 is 10.6 Å². The van der Waals surface area contributed by atoms with E-state index in [-0.39, 0.29) is 23.8 Å². The second kappa shape index (κ2) is 10.8. The SMILES string of the molecule is CCCCCC(C)NC(=O)C(NC(=O)c1ccccc1)C(C)CC. The van der Waals surface area contributed by atoms with E-state index in [1.54, 1.807) is 12.1 Å². The molecule has 1 rings (SSSR count). The summed E-state index contributed by atoms with van der Waals surface area (Å²) >= 11 is 0. The summed E-state index contributed by atoms with van der Waals surface area (Å²) in [6.07, 6.45) is 5.27. The highest BCUT2D eigenvalue weighted by atomic mass is 16.2. The highest BCUT2D eigenvalue weighted by Gasteiger charge is 2.27. The number of hydrogen-bond acceptors (Lipinski definition) is 2. The van der Waals surface area contributed by atoms with Gasteiger partial charge in [0.15, 0.2) is 0 Å². The monoisotopic (exact) mass is 332 g/mol. The van der Waals surface area contributed by atoms with Crippen LogP contribution in [0.25, 0.3) is 0 Å². The second-order valence-corrected chi connectivity index (χ2v) is 6.61. The molecule has 0 bridgehead atoms. The van der Waals surface area contributed by atoms with Crippen LogP contribution < -0.4 is 10.6 Å². The molecule has 0 aliphatic carbocycles. The first-order chi connectivity index (χ1) is 11.5. The lowest BCUT2D eigenvalue weighted by Crippen LogP contribution is -2.52. The molecule has 0 heterocycles. The van der Waals surface area contributed by atoms with Crippen molar-refractivity contribution in [1.82, 2.24) is 10.6 Å². The minimum atomic E-state index is -0.503. The topological polar surface area (TPSA) is 58.2 Å². The number of benzene rings is 1. The van der Waals surface area contributed by atoms with E-state index in [4.69, 9.17) is 0 Å². The molecule has 24 heavy (non-hydrogen) atoms. The molecule has 2 N–H and O–H groups in total. The molecule has 0 spiro atoms. The summed E-state index contributed by atoms with van der Waals surface area (Å²) in [5, 5.41) is 5.96. The lowest BCUT2D eigenvalue weighted by molar-refractivity contribution is -0.124. The van der Waals surface area contributed by atoms with Crippen molar-refractivity contribution in [2.24, 2.45) is 5.92 Å². The first-order valence-electron chi connectivity index (χ1n) is 9.15. The van der Waals surface area contributed by atoms with Gasteiger partial charge in [0.05, 0.1) is 0 Å². The Bertz CT molecular complexity index is 502. The Kier molecular flexibility index (Phi) is 9.13. The zero-order valence-electron chi connectivity index (χ0n) is 15.5. The zero-order valence-corrected chi connectivity index (χ0v) is 15.5. The summed E-state index contributed by atoms with van der Waals surface area (Å²) in [6.45, 7) is 8.23. The lowest BCUT2D eigenvalue weighted by atomic mass is 9.97. The minimum Gasteiger partial charge on any atom is -0.352 e. The van der Waals surface area contributed by atoms with Crippen LogP contribution in [0.4, 0.5) is 0 Å². The molecule has 4 nitrogen and oxygen atoms in total. The number of carbonyl (C=O) groups excluding carboxylic acids is 2. The molecule has 1 aromatic rings. The van der Waals surface area contributed by atoms with Crippen LogP contribution in [0.1, 0.15) is 70.2 Å². The highest BCUT2D eigenvalue weighted by Crippen LogP contribution is 2.11. The Labute approximate surface area is 146 Å². The van der Waals surface area contributed by atoms with Crippen molar-refractivity contribution in [1.29, 1.82) is 0 Å². The van der Waals surface area contributed by atoms with Crippen LogP contribution in [-0.2, 0) is 4.79 Å². The van der Waals surface area contributed by atoms with Crippen LogP contribution in [0.2, 0.25) is 0 Å². The Morgan fingerprint density at radius 2 is 1.67 bits per heavy atom. The number of hydrogen-bond donors (Lipinski definition) is 2. The predicted molar refractivity (Wildman–Crippen MR) is 98.9 cm³/mol. The first kappa shape index (κ1) is 20.2. The van der Waals surface area contributed by atoms with E-state index in [1.807, 2.05) is 39.0 Å². The maximum Gasteiger partial charge on any atom is 0.251 e. The summed E-state index contributed by atoms with van der Waals surface area (Å²) < 4.78 is 0. The van der Waals surface area contributed by atoms with E-state index in [1.165, 1.54) is 12.8 Å². The van der Waals surface area contributed by atoms with Gasteiger partial charge in [0, 0.05) is 11.6 Å². The Morgan fingerprint density at radius 3 is 2.25 bits per heavy atom. The predicted octanol–water partition coefficient (Wildman–Crippen LogP) is 3.92. The van der Waals surface area contributed by atoms with E-state index >= 15 is 0 Å². The van der Waals surface area contributed by atoms with Gasteiger partial charge in [-0.15, -0.1) is 0 Å².